The van der Waals surface area contributed by atoms with Gasteiger partial charge in [-0.3, -0.25) is 9.10 Å². The van der Waals surface area contributed by atoms with Gasteiger partial charge in [0.15, 0.2) is 6.10 Å². The third-order valence-electron chi connectivity index (χ3n) is 5.49. The molecular formula is C17H22N2O4S. The lowest BCUT2D eigenvalue weighted by Crippen LogP contribution is -2.53. The first-order chi connectivity index (χ1) is 11.4. The number of anilines is 1. The van der Waals surface area contributed by atoms with E-state index in [9.17, 15) is 13.2 Å². The van der Waals surface area contributed by atoms with E-state index in [0.717, 1.165) is 18.6 Å². The average Bonchev–Trinajstić information content (AvgIpc) is 3.15. The maximum atomic E-state index is 12.7. The number of carbonyl (C=O) groups is 1. The van der Waals surface area contributed by atoms with Crippen LogP contribution in [-0.4, -0.2) is 39.3 Å². The molecule has 4 rings (SSSR count). The lowest BCUT2D eigenvalue weighted by Gasteiger charge is -2.35. The fourth-order valence-electron chi connectivity index (χ4n) is 4.35. The Balaban J connectivity index is 1.53. The van der Waals surface area contributed by atoms with E-state index < -0.39 is 16.1 Å². The van der Waals surface area contributed by atoms with Crippen LogP contribution in [0.1, 0.15) is 25.7 Å². The van der Waals surface area contributed by atoms with Gasteiger partial charge in [-0.2, -0.15) is 0 Å². The number of ether oxygens (including phenoxy) is 1. The third kappa shape index (κ3) is 2.75. The minimum absolute atomic E-state index is 0.0164. The summed E-state index contributed by atoms with van der Waals surface area (Å²) in [5.74, 6) is 1.53. The highest BCUT2D eigenvalue weighted by atomic mass is 32.2. The quantitative estimate of drug-likeness (QED) is 0.897. The van der Waals surface area contributed by atoms with Crippen LogP contribution in [0.3, 0.4) is 0 Å². The van der Waals surface area contributed by atoms with Gasteiger partial charge >= 0.3 is 0 Å². The van der Waals surface area contributed by atoms with Crippen molar-refractivity contribution in [1.82, 2.24) is 5.32 Å². The molecule has 2 aliphatic carbocycles. The first kappa shape index (κ1) is 15.7. The number of benzene rings is 1. The molecular weight excluding hydrogens is 328 g/mol. The van der Waals surface area contributed by atoms with Crippen molar-refractivity contribution in [2.45, 2.75) is 37.8 Å². The van der Waals surface area contributed by atoms with Crippen LogP contribution in [0.15, 0.2) is 24.3 Å². The van der Waals surface area contributed by atoms with Crippen LogP contribution in [0, 0.1) is 11.8 Å². The zero-order valence-corrected chi connectivity index (χ0v) is 14.5. The number of nitrogens with one attached hydrogen (secondary N) is 1. The summed E-state index contributed by atoms with van der Waals surface area (Å²) < 4.78 is 31.3. The monoisotopic (exact) mass is 350 g/mol. The highest BCUT2D eigenvalue weighted by Gasteiger charge is 2.42. The van der Waals surface area contributed by atoms with Crippen molar-refractivity contribution in [3.63, 3.8) is 0 Å². The zero-order valence-electron chi connectivity index (χ0n) is 13.6. The van der Waals surface area contributed by atoms with Gasteiger partial charge in [-0.05, 0) is 43.2 Å². The molecule has 24 heavy (non-hydrogen) atoms. The lowest BCUT2D eigenvalue weighted by molar-refractivity contribution is -0.128. The van der Waals surface area contributed by atoms with Crippen molar-refractivity contribution in [3.8, 4) is 5.75 Å². The number of rotatable bonds is 3. The number of hydrogen-bond acceptors (Lipinski definition) is 4. The van der Waals surface area contributed by atoms with Crippen LogP contribution < -0.4 is 14.4 Å². The number of amides is 1. The first-order valence-electron chi connectivity index (χ1n) is 8.45. The van der Waals surface area contributed by atoms with E-state index >= 15 is 0 Å². The van der Waals surface area contributed by atoms with Gasteiger partial charge in [0.1, 0.15) is 5.75 Å². The van der Waals surface area contributed by atoms with Gasteiger partial charge in [-0.15, -0.1) is 0 Å². The van der Waals surface area contributed by atoms with E-state index in [1.165, 1.54) is 23.6 Å². The molecule has 1 aromatic carbocycles. The van der Waals surface area contributed by atoms with Gasteiger partial charge in [-0.1, -0.05) is 18.6 Å². The second kappa shape index (κ2) is 5.65. The number of carbonyl (C=O) groups excluding carboxylic acids is 1. The molecule has 0 aromatic heterocycles. The number of hydrogen-bond donors (Lipinski definition) is 1. The van der Waals surface area contributed by atoms with Crippen LogP contribution in [0.4, 0.5) is 5.69 Å². The van der Waals surface area contributed by atoms with E-state index in [1.807, 2.05) is 0 Å². The molecule has 1 N–H and O–H groups in total. The largest absolute Gasteiger partial charge is 0.476 e. The minimum Gasteiger partial charge on any atom is -0.476 e. The van der Waals surface area contributed by atoms with Gasteiger partial charge in [0, 0.05) is 6.04 Å². The summed E-state index contributed by atoms with van der Waals surface area (Å²) in [5, 5.41) is 3.10. The molecule has 130 valence electrons. The molecule has 1 amide bonds. The van der Waals surface area contributed by atoms with E-state index in [2.05, 4.69) is 5.32 Å². The Labute approximate surface area is 142 Å². The Morgan fingerprint density at radius 1 is 1.25 bits per heavy atom. The van der Waals surface area contributed by atoms with Crippen molar-refractivity contribution in [2.75, 3.05) is 17.1 Å². The summed E-state index contributed by atoms with van der Waals surface area (Å²) in [6, 6.07) is 7.14. The van der Waals surface area contributed by atoms with Crippen LogP contribution in [0.2, 0.25) is 0 Å². The maximum Gasteiger partial charge on any atom is 0.263 e. The summed E-state index contributed by atoms with van der Waals surface area (Å²) in [4.78, 5) is 12.7. The number of sulfonamides is 1. The van der Waals surface area contributed by atoms with E-state index in [0.29, 0.717) is 17.4 Å². The third-order valence-corrected chi connectivity index (χ3v) is 6.64. The topological polar surface area (TPSA) is 75.7 Å². The van der Waals surface area contributed by atoms with Crippen LogP contribution in [0.25, 0.3) is 0 Å². The predicted octanol–water partition coefficient (Wildman–Crippen LogP) is 1.52. The Kier molecular flexibility index (Phi) is 3.71. The van der Waals surface area contributed by atoms with Gasteiger partial charge in [0.25, 0.3) is 5.91 Å². The van der Waals surface area contributed by atoms with Crippen LogP contribution in [0.5, 0.6) is 5.75 Å². The first-order valence-corrected chi connectivity index (χ1v) is 10.3. The van der Waals surface area contributed by atoms with Crippen molar-refractivity contribution in [1.29, 1.82) is 0 Å². The summed E-state index contributed by atoms with van der Waals surface area (Å²) in [6.45, 7) is 0.0164. The molecule has 3 aliphatic rings. The molecule has 2 saturated carbocycles. The number of fused-ring (bicyclic) bond motifs is 3. The zero-order chi connectivity index (χ0) is 16.9. The van der Waals surface area contributed by atoms with Gasteiger partial charge in [0.2, 0.25) is 10.0 Å². The molecule has 1 aromatic rings. The van der Waals surface area contributed by atoms with Crippen molar-refractivity contribution >= 4 is 21.6 Å². The molecule has 0 spiro atoms. The summed E-state index contributed by atoms with van der Waals surface area (Å²) in [6.07, 6.45) is 5.03. The molecule has 0 saturated heterocycles. The van der Waals surface area contributed by atoms with Crippen molar-refractivity contribution < 1.29 is 17.9 Å². The Morgan fingerprint density at radius 3 is 2.71 bits per heavy atom. The second-order valence-corrected chi connectivity index (χ2v) is 9.07. The number of para-hydroxylation sites is 2. The smallest absolute Gasteiger partial charge is 0.263 e. The highest BCUT2D eigenvalue weighted by Crippen LogP contribution is 2.44. The number of nitrogens with zero attached hydrogens (tertiary/aromatic N) is 1. The minimum atomic E-state index is -3.47. The Bertz CT molecular complexity index is 764. The molecule has 2 fully saturated rings. The second-order valence-electron chi connectivity index (χ2n) is 7.16. The molecule has 2 bridgehead atoms. The lowest BCUT2D eigenvalue weighted by atomic mass is 9.95. The van der Waals surface area contributed by atoms with E-state index in [1.54, 1.807) is 24.3 Å². The Morgan fingerprint density at radius 2 is 2.04 bits per heavy atom. The van der Waals surface area contributed by atoms with Crippen molar-refractivity contribution in [3.05, 3.63) is 24.3 Å². The van der Waals surface area contributed by atoms with Gasteiger partial charge in [-0.25, -0.2) is 8.42 Å². The van der Waals surface area contributed by atoms with Crippen molar-refractivity contribution in [2.24, 2.45) is 11.8 Å². The van der Waals surface area contributed by atoms with Gasteiger partial charge in [0.05, 0.1) is 18.5 Å². The molecule has 4 atom stereocenters. The molecule has 7 heteroatoms. The SMILES string of the molecule is CS(=O)(=O)N1C[C@@H](C(=O)N[C@H]2C[C@H]3CC[C@H]2C3)Oc2ccccc21. The maximum absolute atomic E-state index is 12.7. The fraction of sp³-hybridized carbons (Fsp3) is 0.588. The molecule has 0 radical (unpaired) electrons. The molecule has 1 heterocycles. The average molecular weight is 350 g/mol. The summed E-state index contributed by atoms with van der Waals surface area (Å²) >= 11 is 0. The van der Waals surface area contributed by atoms with Gasteiger partial charge < -0.3 is 10.1 Å². The predicted molar refractivity (Wildman–Crippen MR) is 90.4 cm³/mol. The molecule has 0 unspecified atom stereocenters. The molecule has 6 nitrogen and oxygen atoms in total. The normalized spacial score (nSPS) is 31.5. The molecule has 1 aliphatic heterocycles. The summed E-state index contributed by atoms with van der Waals surface area (Å²) in [5.41, 5.74) is 0.490. The summed E-state index contributed by atoms with van der Waals surface area (Å²) in [7, 11) is -3.47. The van der Waals surface area contributed by atoms with E-state index in [-0.39, 0.29) is 18.5 Å². The standard InChI is InChI=1S/C17H22N2O4S/c1-24(21,22)19-10-16(23-15-5-3-2-4-14(15)19)17(20)18-13-9-11-6-7-12(13)8-11/h2-5,11-13,16H,6-10H2,1H3,(H,18,20)/t11-,12-,13-,16-/m0/s1. The Hall–Kier alpha value is -1.76. The highest BCUT2D eigenvalue weighted by molar-refractivity contribution is 7.92. The van der Waals surface area contributed by atoms with E-state index in [4.69, 9.17) is 4.74 Å². The van der Waals surface area contributed by atoms with Crippen LogP contribution >= 0.6 is 0 Å². The fourth-order valence-corrected chi connectivity index (χ4v) is 5.26. The van der Waals surface area contributed by atoms with Crippen LogP contribution in [-0.2, 0) is 14.8 Å².